The lowest BCUT2D eigenvalue weighted by atomic mass is 10.0. The fourth-order valence-electron chi connectivity index (χ4n) is 4.50. The number of aliphatic hydroxyl groups excluding tert-OH is 1. The van der Waals surface area contributed by atoms with Crippen LogP contribution in [0.25, 0.3) is 11.1 Å². The Balaban J connectivity index is 1.72. The fourth-order valence-corrected chi connectivity index (χ4v) is 6.33. The van der Waals surface area contributed by atoms with Crippen molar-refractivity contribution < 1.29 is 18.3 Å². The van der Waals surface area contributed by atoms with Crippen molar-refractivity contribution in [3.63, 3.8) is 0 Å². The molecule has 0 radical (unpaired) electrons. The van der Waals surface area contributed by atoms with Crippen LogP contribution in [0.5, 0.6) is 5.75 Å². The third-order valence-electron chi connectivity index (χ3n) is 6.66. The molecule has 0 saturated heterocycles. The van der Waals surface area contributed by atoms with Crippen LogP contribution in [0.3, 0.4) is 0 Å². The molecular weight excluding hydrogens is 488 g/mol. The number of aromatic nitrogens is 1. The van der Waals surface area contributed by atoms with Gasteiger partial charge in [0.25, 0.3) is 0 Å². The molecule has 0 amide bonds. The summed E-state index contributed by atoms with van der Waals surface area (Å²) in [5.41, 5.74) is 3.12. The molecule has 0 fully saturated rings. The third-order valence-corrected chi connectivity index (χ3v) is 8.68. The summed E-state index contributed by atoms with van der Waals surface area (Å²) < 4.78 is 35.3. The number of ether oxygens (including phenoxy) is 1. The Kier molecular flexibility index (Phi) is 8.25. The summed E-state index contributed by atoms with van der Waals surface area (Å²) in [6, 6.07) is 19.5. The maximum atomic E-state index is 13.7. The molecule has 1 aliphatic rings. The van der Waals surface area contributed by atoms with E-state index in [9.17, 15) is 13.5 Å². The Labute approximate surface area is 218 Å². The summed E-state index contributed by atoms with van der Waals surface area (Å²) in [6.45, 7) is 4.81. The monoisotopic (exact) mass is 520 g/mol. The van der Waals surface area contributed by atoms with E-state index in [0.717, 1.165) is 16.8 Å². The Morgan fingerprint density at radius 1 is 1.19 bits per heavy atom. The number of nitriles is 1. The normalized spacial score (nSPS) is 20.2. The largest absolute Gasteiger partial charge is 0.487 e. The van der Waals surface area contributed by atoms with Gasteiger partial charge in [-0.3, -0.25) is 9.88 Å². The van der Waals surface area contributed by atoms with Crippen LogP contribution >= 0.6 is 0 Å². The molecule has 8 nitrogen and oxygen atoms in total. The number of rotatable bonds is 7. The number of aliphatic hydroxyl groups is 1. The second kappa shape index (κ2) is 11.4. The van der Waals surface area contributed by atoms with Crippen molar-refractivity contribution in [1.29, 1.82) is 5.26 Å². The summed E-state index contributed by atoms with van der Waals surface area (Å²) in [5, 5.41) is 19.0. The first-order valence-corrected chi connectivity index (χ1v) is 13.7. The molecule has 1 aromatic heterocycles. The van der Waals surface area contributed by atoms with Gasteiger partial charge in [-0.1, -0.05) is 31.2 Å². The van der Waals surface area contributed by atoms with Gasteiger partial charge in [-0.2, -0.15) is 9.57 Å². The molecule has 2 aromatic carbocycles. The molecule has 3 aromatic rings. The number of pyridine rings is 1. The first kappa shape index (κ1) is 26.8. The number of nitrogens with zero attached hydrogens (tertiary/aromatic N) is 4. The molecule has 4 rings (SSSR count). The van der Waals surface area contributed by atoms with E-state index >= 15 is 0 Å². The highest BCUT2D eigenvalue weighted by Crippen LogP contribution is 2.36. The maximum Gasteiger partial charge on any atom is 0.247 e. The molecule has 194 valence electrons. The summed E-state index contributed by atoms with van der Waals surface area (Å²) in [4.78, 5) is 6.60. The van der Waals surface area contributed by atoms with E-state index in [1.807, 2.05) is 44.3 Å². The lowest BCUT2D eigenvalue weighted by Gasteiger charge is -2.37. The zero-order valence-corrected chi connectivity index (χ0v) is 22.1. The smallest absolute Gasteiger partial charge is 0.247 e. The first-order chi connectivity index (χ1) is 17.7. The van der Waals surface area contributed by atoms with E-state index < -0.39 is 16.1 Å². The first-order valence-electron chi connectivity index (χ1n) is 12.3. The van der Waals surface area contributed by atoms with Crippen LogP contribution in [0.4, 0.5) is 0 Å². The van der Waals surface area contributed by atoms with E-state index in [-0.39, 0.29) is 35.8 Å². The topological polar surface area (TPSA) is 107 Å². The van der Waals surface area contributed by atoms with E-state index in [4.69, 9.17) is 10.00 Å². The minimum atomic E-state index is -3.92. The van der Waals surface area contributed by atoms with Gasteiger partial charge in [0.2, 0.25) is 10.0 Å². The summed E-state index contributed by atoms with van der Waals surface area (Å²) in [5.74, 6) is 0.126. The van der Waals surface area contributed by atoms with Crippen molar-refractivity contribution in [2.45, 2.75) is 37.4 Å². The highest BCUT2D eigenvalue weighted by molar-refractivity contribution is 7.89. The molecule has 3 atom stereocenters. The van der Waals surface area contributed by atoms with Crippen LogP contribution < -0.4 is 4.74 Å². The molecule has 1 aliphatic heterocycles. The van der Waals surface area contributed by atoms with Crippen molar-refractivity contribution in [3.05, 3.63) is 78.1 Å². The summed E-state index contributed by atoms with van der Waals surface area (Å²) in [6.07, 6.45) is 1.45. The molecule has 9 heteroatoms. The number of likely N-dealkylation sites (N-methyl/N-ethyl adjacent to an activating group) is 1. The SMILES string of the molecule is C[C@H](CO)N1C[C@H](C)[C@@H](CN(C)Cc2ccccn2)Oc2cc(-c3ccc(C#N)cc3)ccc2S1(=O)=O. The highest BCUT2D eigenvalue weighted by Gasteiger charge is 2.38. The average Bonchev–Trinajstić information content (AvgIpc) is 2.90. The number of sulfonamides is 1. The van der Waals surface area contributed by atoms with Crippen LogP contribution in [-0.2, 0) is 16.6 Å². The highest BCUT2D eigenvalue weighted by atomic mass is 32.2. The van der Waals surface area contributed by atoms with Crippen LogP contribution in [-0.4, -0.2) is 66.6 Å². The Bertz CT molecular complexity index is 1360. The third kappa shape index (κ3) is 6.00. The van der Waals surface area contributed by atoms with Crippen LogP contribution in [0.15, 0.2) is 71.8 Å². The summed E-state index contributed by atoms with van der Waals surface area (Å²) in [7, 11) is -1.93. The van der Waals surface area contributed by atoms with Gasteiger partial charge in [-0.25, -0.2) is 8.42 Å². The minimum absolute atomic E-state index is 0.0782. The van der Waals surface area contributed by atoms with Crippen molar-refractivity contribution in [1.82, 2.24) is 14.2 Å². The van der Waals surface area contributed by atoms with Crippen molar-refractivity contribution >= 4 is 10.0 Å². The zero-order chi connectivity index (χ0) is 26.6. The fraction of sp³-hybridized carbons (Fsp3) is 0.357. The van der Waals surface area contributed by atoms with Gasteiger partial charge in [0.15, 0.2) is 0 Å². The lowest BCUT2D eigenvalue weighted by Crippen LogP contribution is -2.49. The van der Waals surface area contributed by atoms with Crippen LogP contribution in [0.2, 0.25) is 0 Å². The van der Waals surface area contributed by atoms with Crippen molar-refractivity contribution in [2.24, 2.45) is 5.92 Å². The number of hydrogen-bond acceptors (Lipinski definition) is 7. The predicted molar refractivity (Wildman–Crippen MR) is 141 cm³/mol. The van der Waals surface area contributed by atoms with Crippen LogP contribution in [0, 0.1) is 17.2 Å². The van der Waals surface area contributed by atoms with E-state index in [1.165, 1.54) is 4.31 Å². The number of fused-ring (bicyclic) bond motifs is 1. The zero-order valence-electron chi connectivity index (χ0n) is 21.3. The second-order valence-electron chi connectivity index (χ2n) is 9.61. The van der Waals surface area contributed by atoms with Gasteiger partial charge in [0.1, 0.15) is 16.7 Å². The number of benzene rings is 2. The van der Waals surface area contributed by atoms with Crippen molar-refractivity contribution in [2.75, 3.05) is 26.7 Å². The predicted octanol–water partition coefficient (Wildman–Crippen LogP) is 3.52. The van der Waals surface area contributed by atoms with Gasteiger partial charge in [0, 0.05) is 37.8 Å². The molecule has 0 spiro atoms. The standard InChI is InChI=1S/C28H32N4O4S/c1-20-16-32(21(2)19-33)37(34,35)28-12-11-24(23-9-7-22(15-29)8-10-23)14-26(28)36-27(20)18-31(3)17-25-6-4-5-13-30-25/h4-14,20-21,27,33H,16-19H2,1-3H3/t20-,21+,27+/m0/s1. The molecule has 1 N–H and O–H groups in total. The van der Waals surface area contributed by atoms with Gasteiger partial charge in [-0.05, 0) is 61.5 Å². The van der Waals surface area contributed by atoms with Gasteiger partial charge in [-0.15, -0.1) is 0 Å². The van der Waals surface area contributed by atoms with E-state index in [1.54, 1.807) is 43.5 Å². The van der Waals surface area contributed by atoms with Gasteiger partial charge < -0.3 is 9.84 Å². The lowest BCUT2D eigenvalue weighted by molar-refractivity contribution is 0.0731. The van der Waals surface area contributed by atoms with Crippen LogP contribution in [0.1, 0.15) is 25.1 Å². The molecule has 0 bridgehead atoms. The Hall–Kier alpha value is -3.29. The second-order valence-corrected chi connectivity index (χ2v) is 11.5. The molecule has 37 heavy (non-hydrogen) atoms. The van der Waals surface area contributed by atoms with Gasteiger partial charge in [0.05, 0.1) is 23.9 Å². The van der Waals surface area contributed by atoms with E-state index in [0.29, 0.717) is 18.7 Å². The maximum absolute atomic E-state index is 13.7. The Morgan fingerprint density at radius 3 is 2.57 bits per heavy atom. The quantitative estimate of drug-likeness (QED) is 0.508. The molecule has 0 saturated carbocycles. The Morgan fingerprint density at radius 2 is 1.92 bits per heavy atom. The average molecular weight is 521 g/mol. The summed E-state index contributed by atoms with van der Waals surface area (Å²) >= 11 is 0. The van der Waals surface area contributed by atoms with E-state index in [2.05, 4.69) is 16.0 Å². The number of hydrogen-bond donors (Lipinski definition) is 1. The van der Waals surface area contributed by atoms with Crippen molar-refractivity contribution in [3.8, 4) is 22.9 Å². The molecular formula is C28H32N4O4S. The molecule has 2 heterocycles. The minimum Gasteiger partial charge on any atom is -0.487 e. The van der Waals surface area contributed by atoms with Gasteiger partial charge >= 0.3 is 0 Å². The molecule has 0 aliphatic carbocycles. The molecule has 0 unspecified atom stereocenters.